The third-order valence-electron chi connectivity index (χ3n) is 7.59. The molecule has 0 radical (unpaired) electrons. The Hall–Kier alpha value is -3.24. The number of pyridine rings is 2. The molecule has 3 saturated heterocycles. The molecular weight excluding hydrogens is 458 g/mol. The molecule has 3 aliphatic rings. The molecule has 6 heterocycles. The van der Waals surface area contributed by atoms with E-state index in [0.717, 1.165) is 85.6 Å². The number of rotatable bonds is 5. The summed E-state index contributed by atoms with van der Waals surface area (Å²) in [4.78, 5) is 26.7. The Bertz CT molecular complexity index is 1260. The summed E-state index contributed by atoms with van der Waals surface area (Å²) in [5.41, 5.74) is 9.22. The van der Waals surface area contributed by atoms with Crippen molar-refractivity contribution < 1.29 is 14.3 Å². The van der Waals surface area contributed by atoms with Crippen molar-refractivity contribution in [3.63, 3.8) is 0 Å². The summed E-state index contributed by atoms with van der Waals surface area (Å²) in [6.07, 6.45) is 8.28. The fraction of sp³-hybridized carbons (Fsp3) is 0.538. The first kappa shape index (κ1) is 23.2. The van der Waals surface area contributed by atoms with Crippen LogP contribution in [0.15, 0.2) is 30.6 Å². The van der Waals surface area contributed by atoms with Crippen LogP contribution in [0.4, 0.5) is 11.5 Å². The van der Waals surface area contributed by atoms with Crippen LogP contribution in [0.2, 0.25) is 0 Å². The zero-order chi connectivity index (χ0) is 24.6. The van der Waals surface area contributed by atoms with Crippen LogP contribution in [0.3, 0.4) is 0 Å². The minimum absolute atomic E-state index is 0.111. The van der Waals surface area contributed by atoms with Gasteiger partial charge in [-0.25, -0.2) is 9.67 Å². The van der Waals surface area contributed by atoms with Crippen molar-refractivity contribution in [1.82, 2.24) is 19.7 Å². The quantitative estimate of drug-likeness (QED) is 0.580. The fourth-order valence-electron chi connectivity index (χ4n) is 5.76. The molecule has 0 aromatic carbocycles. The third-order valence-corrected chi connectivity index (χ3v) is 7.59. The standard InChI is InChI=1S/C26H33N7O3/c1-17-16-35-14-12-31(17)22-15-21(32-11-4-5-20(32)26(27)34)18-7-9-28-25(24(18)30-22)19-8-10-29-33(19)23-6-2-3-13-36-23/h7-10,15,17,20,23H,2-6,11-14,16H2,1H3,(H2,27,34)/t17-,20?,23?/m1/s1. The van der Waals surface area contributed by atoms with E-state index >= 15 is 0 Å². The second-order valence-electron chi connectivity index (χ2n) is 9.91. The van der Waals surface area contributed by atoms with Crippen LogP contribution in [0.25, 0.3) is 22.3 Å². The average molecular weight is 492 g/mol. The molecule has 10 nitrogen and oxygen atoms in total. The average Bonchev–Trinajstić information content (AvgIpc) is 3.59. The number of anilines is 2. The Balaban J connectivity index is 1.53. The zero-order valence-electron chi connectivity index (χ0n) is 20.7. The van der Waals surface area contributed by atoms with Crippen LogP contribution in [0.5, 0.6) is 0 Å². The SMILES string of the molecule is C[C@@H]1COCCN1c1cc(N2CCCC2C(N)=O)c2ccnc(-c3ccnn3C3CCCCO3)c2n1. The molecule has 0 spiro atoms. The summed E-state index contributed by atoms with van der Waals surface area (Å²) < 4.78 is 13.7. The van der Waals surface area contributed by atoms with Gasteiger partial charge in [-0.05, 0) is 51.2 Å². The maximum absolute atomic E-state index is 12.3. The highest BCUT2D eigenvalue weighted by molar-refractivity contribution is 6.01. The van der Waals surface area contributed by atoms with Crippen molar-refractivity contribution in [2.45, 2.75) is 57.3 Å². The lowest BCUT2D eigenvalue weighted by molar-refractivity contribution is -0.119. The Morgan fingerprint density at radius 1 is 1.08 bits per heavy atom. The predicted octanol–water partition coefficient (Wildman–Crippen LogP) is 2.87. The van der Waals surface area contributed by atoms with Gasteiger partial charge in [0.05, 0.1) is 30.6 Å². The molecule has 1 amide bonds. The number of nitrogens with zero attached hydrogens (tertiary/aromatic N) is 6. The monoisotopic (exact) mass is 491 g/mol. The van der Waals surface area contributed by atoms with E-state index in [2.05, 4.69) is 27.9 Å². The van der Waals surface area contributed by atoms with E-state index in [-0.39, 0.29) is 24.2 Å². The summed E-state index contributed by atoms with van der Waals surface area (Å²) in [7, 11) is 0. The van der Waals surface area contributed by atoms with Crippen molar-refractivity contribution in [2.24, 2.45) is 5.73 Å². The van der Waals surface area contributed by atoms with Crippen molar-refractivity contribution in [3.05, 3.63) is 30.6 Å². The van der Waals surface area contributed by atoms with Gasteiger partial charge in [0.1, 0.15) is 23.1 Å². The molecule has 10 heteroatoms. The largest absolute Gasteiger partial charge is 0.377 e. The van der Waals surface area contributed by atoms with Gasteiger partial charge in [0.25, 0.3) is 0 Å². The van der Waals surface area contributed by atoms with Gasteiger partial charge in [0.2, 0.25) is 5.91 Å². The van der Waals surface area contributed by atoms with E-state index in [0.29, 0.717) is 13.2 Å². The lowest BCUT2D eigenvalue weighted by Gasteiger charge is -2.35. The van der Waals surface area contributed by atoms with E-state index in [1.54, 1.807) is 6.20 Å². The van der Waals surface area contributed by atoms with Crippen LogP contribution < -0.4 is 15.5 Å². The van der Waals surface area contributed by atoms with Gasteiger partial charge >= 0.3 is 0 Å². The number of ether oxygens (including phenoxy) is 2. The van der Waals surface area contributed by atoms with Crippen LogP contribution in [-0.2, 0) is 14.3 Å². The Morgan fingerprint density at radius 2 is 2.00 bits per heavy atom. The van der Waals surface area contributed by atoms with Crippen LogP contribution in [0.1, 0.15) is 45.3 Å². The maximum atomic E-state index is 12.3. The lowest BCUT2D eigenvalue weighted by Crippen LogP contribution is -2.44. The topological polar surface area (TPSA) is 112 Å². The van der Waals surface area contributed by atoms with E-state index in [4.69, 9.17) is 25.2 Å². The third kappa shape index (κ3) is 4.08. The summed E-state index contributed by atoms with van der Waals surface area (Å²) in [6.45, 7) is 5.70. The molecule has 3 aromatic rings. The molecule has 3 atom stereocenters. The fourth-order valence-corrected chi connectivity index (χ4v) is 5.76. The number of hydrogen-bond donors (Lipinski definition) is 1. The first-order valence-corrected chi connectivity index (χ1v) is 13.0. The smallest absolute Gasteiger partial charge is 0.240 e. The summed E-state index contributed by atoms with van der Waals surface area (Å²) in [5, 5.41) is 5.56. The summed E-state index contributed by atoms with van der Waals surface area (Å²) in [5.74, 6) is 0.568. The normalized spacial score (nSPS) is 25.0. The Morgan fingerprint density at radius 3 is 2.81 bits per heavy atom. The molecular formula is C26H33N7O3. The van der Waals surface area contributed by atoms with Gasteiger partial charge in [-0.1, -0.05) is 0 Å². The first-order valence-electron chi connectivity index (χ1n) is 13.0. The molecule has 3 fully saturated rings. The van der Waals surface area contributed by atoms with Crippen molar-refractivity contribution >= 4 is 28.3 Å². The van der Waals surface area contributed by atoms with Crippen molar-refractivity contribution in [3.8, 4) is 11.4 Å². The van der Waals surface area contributed by atoms with Gasteiger partial charge in [-0.2, -0.15) is 5.10 Å². The summed E-state index contributed by atoms with van der Waals surface area (Å²) in [6, 6.07) is 5.93. The van der Waals surface area contributed by atoms with E-state index in [9.17, 15) is 4.79 Å². The Labute approximate surface area is 210 Å². The highest BCUT2D eigenvalue weighted by Crippen LogP contribution is 2.39. The highest BCUT2D eigenvalue weighted by Gasteiger charge is 2.32. The Kier molecular flexibility index (Phi) is 6.22. The lowest BCUT2D eigenvalue weighted by atomic mass is 10.1. The first-order chi connectivity index (χ1) is 17.6. The molecule has 0 bridgehead atoms. The number of nitrogens with two attached hydrogens (primary N) is 1. The molecule has 0 aliphatic carbocycles. The van der Waals surface area contributed by atoms with Crippen LogP contribution >= 0.6 is 0 Å². The van der Waals surface area contributed by atoms with Gasteiger partial charge in [0, 0.05) is 43.5 Å². The van der Waals surface area contributed by atoms with E-state index in [1.807, 2.05) is 23.0 Å². The molecule has 3 aromatic heterocycles. The van der Waals surface area contributed by atoms with Crippen LogP contribution in [0, 0.1) is 0 Å². The number of amides is 1. The predicted molar refractivity (Wildman–Crippen MR) is 137 cm³/mol. The zero-order valence-corrected chi connectivity index (χ0v) is 20.7. The molecule has 3 aliphatic heterocycles. The highest BCUT2D eigenvalue weighted by atomic mass is 16.5. The number of carbonyl (C=O) groups excluding carboxylic acids is 1. The minimum Gasteiger partial charge on any atom is -0.377 e. The van der Waals surface area contributed by atoms with E-state index < -0.39 is 0 Å². The molecule has 0 saturated carbocycles. The van der Waals surface area contributed by atoms with Gasteiger partial charge in [-0.3, -0.25) is 9.78 Å². The second-order valence-corrected chi connectivity index (χ2v) is 9.91. The van der Waals surface area contributed by atoms with Gasteiger partial charge < -0.3 is 25.0 Å². The maximum Gasteiger partial charge on any atom is 0.240 e. The minimum atomic E-state index is -0.330. The number of primary amides is 1. The number of carbonyl (C=O) groups is 1. The van der Waals surface area contributed by atoms with Gasteiger partial charge in [0.15, 0.2) is 6.23 Å². The number of fused-ring (bicyclic) bond motifs is 1. The van der Waals surface area contributed by atoms with Crippen molar-refractivity contribution in [2.75, 3.05) is 42.7 Å². The van der Waals surface area contributed by atoms with Crippen molar-refractivity contribution in [1.29, 1.82) is 0 Å². The number of aromatic nitrogens is 4. The molecule has 2 unspecified atom stereocenters. The molecule has 190 valence electrons. The molecule has 6 rings (SSSR count). The number of morpholine rings is 1. The van der Waals surface area contributed by atoms with E-state index in [1.165, 1.54) is 0 Å². The second kappa shape index (κ2) is 9.67. The number of hydrogen-bond acceptors (Lipinski definition) is 8. The summed E-state index contributed by atoms with van der Waals surface area (Å²) >= 11 is 0. The van der Waals surface area contributed by atoms with Crippen LogP contribution in [-0.4, -0.2) is 70.6 Å². The van der Waals surface area contributed by atoms with Gasteiger partial charge in [-0.15, -0.1) is 0 Å². The molecule has 36 heavy (non-hydrogen) atoms. The molecule has 2 N–H and O–H groups in total.